The number of methoxy groups -OCH3 is 2. The van der Waals surface area contributed by atoms with E-state index in [4.69, 9.17) is 0 Å². The van der Waals surface area contributed by atoms with Crippen molar-refractivity contribution in [3.05, 3.63) is 0 Å². The van der Waals surface area contributed by atoms with Crippen molar-refractivity contribution in [2.24, 2.45) is 28.6 Å². The first-order valence-electron chi connectivity index (χ1n) is 13.6. The second kappa shape index (κ2) is 11.6. The first-order valence-corrected chi connectivity index (χ1v) is 13.6. The number of hydrogen-bond donors (Lipinski definition) is 1. The maximum absolute atomic E-state index is 14.0. The lowest BCUT2D eigenvalue weighted by molar-refractivity contribution is -0.189. The summed E-state index contributed by atoms with van der Waals surface area (Å²) in [4.78, 5) is 78.7. The normalized spacial score (nSPS) is 25.7. The molecule has 6 amide bonds. The molecule has 2 saturated heterocycles. The fraction of sp³-hybridized carbons (Fsp3) is 0.741. The number of carbonyl (C=O) groups is 6. The van der Waals surface area contributed by atoms with Crippen LogP contribution in [0, 0.1) is 39.9 Å². The van der Waals surface area contributed by atoms with Gasteiger partial charge in [0.2, 0.25) is 17.7 Å². The van der Waals surface area contributed by atoms with Crippen LogP contribution < -0.4 is 5.32 Å². The molecule has 16 heteroatoms. The molecule has 3 fully saturated rings. The summed E-state index contributed by atoms with van der Waals surface area (Å²) >= 11 is 0. The van der Waals surface area contributed by atoms with Crippen LogP contribution in [0.5, 0.6) is 0 Å². The minimum atomic E-state index is -5.51. The summed E-state index contributed by atoms with van der Waals surface area (Å²) in [7, 11) is 1.89. The number of alkyl halides is 3. The standard InChI is InChI=1S/C27H36F3N5O8/c1-25(2,3)18(35(24(41)43-7)22(39)27(28,29)30)21(38)34-12-15-16(26(15,4)5)17(34)19(36)32-14(11-31)10-13-8-9-33(20(13)37)23(40)42-6/h13-18H,8-10,12H2,1-7H3,(H,32,36)/t13-,14-,15-,16-,17-,18+/m0/s1. The quantitative estimate of drug-likeness (QED) is 0.471. The van der Waals surface area contributed by atoms with Crippen LogP contribution in [0.3, 0.4) is 0 Å². The van der Waals surface area contributed by atoms with Gasteiger partial charge in [-0.05, 0) is 35.5 Å². The van der Waals surface area contributed by atoms with Crippen LogP contribution in [0.4, 0.5) is 22.8 Å². The molecule has 0 aromatic heterocycles. The highest BCUT2D eigenvalue weighted by atomic mass is 19.4. The summed E-state index contributed by atoms with van der Waals surface area (Å²) in [5.41, 5.74) is -1.84. The zero-order chi connectivity index (χ0) is 32.8. The third-order valence-corrected chi connectivity index (χ3v) is 8.61. The molecule has 2 aliphatic heterocycles. The molecular weight excluding hydrogens is 579 g/mol. The van der Waals surface area contributed by atoms with E-state index in [2.05, 4.69) is 14.8 Å². The molecule has 0 aromatic carbocycles. The van der Waals surface area contributed by atoms with Gasteiger partial charge in [-0.1, -0.05) is 34.6 Å². The molecule has 1 N–H and O–H groups in total. The molecule has 6 atom stereocenters. The smallest absolute Gasteiger partial charge is 0.452 e. The number of nitrogens with zero attached hydrogens (tertiary/aromatic N) is 4. The van der Waals surface area contributed by atoms with Gasteiger partial charge in [0.1, 0.15) is 18.1 Å². The van der Waals surface area contributed by atoms with Crippen molar-refractivity contribution < 1.29 is 51.4 Å². The minimum Gasteiger partial charge on any atom is -0.452 e. The van der Waals surface area contributed by atoms with E-state index < -0.39 is 82.8 Å². The van der Waals surface area contributed by atoms with E-state index in [1.165, 1.54) is 20.8 Å². The van der Waals surface area contributed by atoms with Crippen molar-refractivity contribution in [3.8, 4) is 6.07 Å². The SMILES string of the molecule is COC(=O)N1CC[C@@H](C[C@@H](C#N)NC(=O)[C@@H]2[C@@H]3[C@H](CN2C(=O)[C@@H](N(C(=O)OC)C(=O)C(F)(F)F)C(C)(C)C)C3(C)C)C1=O. The van der Waals surface area contributed by atoms with Crippen LogP contribution in [0.2, 0.25) is 0 Å². The Morgan fingerprint density at radius 3 is 2.23 bits per heavy atom. The average molecular weight is 616 g/mol. The lowest BCUT2D eigenvalue weighted by Gasteiger charge is -2.41. The molecule has 3 rings (SSSR count). The Morgan fingerprint density at radius 1 is 1.14 bits per heavy atom. The van der Waals surface area contributed by atoms with Gasteiger partial charge in [0.05, 0.1) is 20.3 Å². The monoisotopic (exact) mass is 615 g/mol. The predicted molar refractivity (Wildman–Crippen MR) is 139 cm³/mol. The first kappa shape index (κ1) is 33.6. The second-order valence-electron chi connectivity index (χ2n) is 12.7. The number of rotatable bonds is 6. The highest BCUT2D eigenvalue weighted by Gasteiger charge is 2.70. The fourth-order valence-corrected chi connectivity index (χ4v) is 6.31. The molecule has 3 aliphatic rings. The molecular formula is C27H36F3N5O8. The molecule has 2 heterocycles. The number of nitriles is 1. The van der Waals surface area contributed by atoms with E-state index in [1.54, 1.807) is 0 Å². The van der Waals surface area contributed by atoms with E-state index in [0.29, 0.717) is 0 Å². The Kier molecular flexibility index (Phi) is 9.10. The lowest BCUT2D eigenvalue weighted by atomic mass is 9.84. The Hall–Kier alpha value is -3.90. The van der Waals surface area contributed by atoms with Crippen LogP contribution in [0.15, 0.2) is 0 Å². The Bertz CT molecular complexity index is 1240. The molecule has 0 unspecified atom stereocenters. The molecule has 0 bridgehead atoms. The van der Waals surface area contributed by atoms with Gasteiger partial charge in [-0.15, -0.1) is 0 Å². The van der Waals surface area contributed by atoms with Gasteiger partial charge < -0.3 is 19.7 Å². The van der Waals surface area contributed by atoms with E-state index in [1.807, 2.05) is 19.9 Å². The van der Waals surface area contributed by atoms with Crippen LogP contribution in [-0.4, -0.2) is 102 Å². The molecule has 1 saturated carbocycles. The highest BCUT2D eigenvalue weighted by molar-refractivity contribution is 6.02. The van der Waals surface area contributed by atoms with Crippen LogP contribution >= 0.6 is 0 Å². The van der Waals surface area contributed by atoms with E-state index in [0.717, 1.165) is 24.0 Å². The first-order chi connectivity index (χ1) is 19.7. The number of nitrogens with one attached hydrogen (secondary N) is 1. The van der Waals surface area contributed by atoms with Crippen molar-refractivity contribution >= 4 is 35.8 Å². The Balaban J connectivity index is 1.90. The summed E-state index contributed by atoms with van der Waals surface area (Å²) in [5, 5.41) is 12.3. The van der Waals surface area contributed by atoms with E-state index in [9.17, 15) is 47.2 Å². The van der Waals surface area contributed by atoms with Crippen molar-refractivity contribution in [2.75, 3.05) is 27.3 Å². The average Bonchev–Trinajstić information content (AvgIpc) is 3.23. The van der Waals surface area contributed by atoms with Gasteiger partial charge in [0.15, 0.2) is 0 Å². The van der Waals surface area contributed by atoms with Gasteiger partial charge in [-0.25, -0.2) is 19.4 Å². The summed E-state index contributed by atoms with van der Waals surface area (Å²) in [6, 6.07) is -2.51. The zero-order valence-corrected chi connectivity index (χ0v) is 25.0. The van der Waals surface area contributed by atoms with Gasteiger partial charge in [0, 0.05) is 19.0 Å². The summed E-state index contributed by atoms with van der Waals surface area (Å²) < 4.78 is 49.7. The van der Waals surface area contributed by atoms with Crippen LogP contribution in [0.1, 0.15) is 47.5 Å². The number of likely N-dealkylation sites (tertiary alicyclic amines) is 2. The van der Waals surface area contributed by atoms with Crippen molar-refractivity contribution in [3.63, 3.8) is 0 Å². The van der Waals surface area contributed by atoms with Crippen LogP contribution in [-0.2, 0) is 28.7 Å². The van der Waals surface area contributed by atoms with Crippen molar-refractivity contribution in [2.45, 2.75) is 71.8 Å². The number of piperidine rings is 1. The van der Waals surface area contributed by atoms with Gasteiger partial charge in [-0.3, -0.25) is 19.2 Å². The highest BCUT2D eigenvalue weighted by Crippen LogP contribution is 2.65. The number of halogens is 3. The molecule has 0 radical (unpaired) electrons. The van der Waals surface area contributed by atoms with Crippen molar-refractivity contribution in [1.82, 2.24) is 20.0 Å². The van der Waals surface area contributed by atoms with Gasteiger partial charge in [0.25, 0.3) is 0 Å². The van der Waals surface area contributed by atoms with E-state index in [-0.39, 0.29) is 36.7 Å². The minimum absolute atomic E-state index is 0.0389. The number of amides is 6. The molecule has 13 nitrogen and oxygen atoms in total. The summed E-state index contributed by atoms with van der Waals surface area (Å²) in [6.45, 7) is 7.86. The number of fused-ring (bicyclic) bond motifs is 1. The zero-order valence-electron chi connectivity index (χ0n) is 25.0. The molecule has 0 spiro atoms. The molecule has 43 heavy (non-hydrogen) atoms. The van der Waals surface area contributed by atoms with Crippen molar-refractivity contribution in [1.29, 1.82) is 5.26 Å². The Labute approximate surface area is 246 Å². The summed E-state index contributed by atoms with van der Waals surface area (Å²) in [6.07, 6.45) is -7.94. The predicted octanol–water partition coefficient (Wildman–Crippen LogP) is 2.05. The van der Waals surface area contributed by atoms with Gasteiger partial charge >= 0.3 is 24.3 Å². The molecule has 0 aromatic rings. The Morgan fingerprint density at radius 2 is 1.74 bits per heavy atom. The lowest BCUT2D eigenvalue weighted by Crippen LogP contribution is -2.63. The number of imide groups is 2. The second-order valence-corrected chi connectivity index (χ2v) is 12.7. The summed E-state index contributed by atoms with van der Waals surface area (Å²) in [5.74, 6) is -6.40. The largest absolute Gasteiger partial charge is 0.471 e. The van der Waals surface area contributed by atoms with E-state index >= 15 is 0 Å². The van der Waals surface area contributed by atoms with Gasteiger partial charge in [-0.2, -0.15) is 18.4 Å². The third-order valence-electron chi connectivity index (χ3n) is 8.61. The number of ether oxygens (including phenoxy) is 2. The fourth-order valence-electron chi connectivity index (χ4n) is 6.31. The maximum Gasteiger partial charge on any atom is 0.471 e. The topological polar surface area (TPSA) is 166 Å². The molecule has 1 aliphatic carbocycles. The third kappa shape index (κ3) is 6.25. The molecule has 238 valence electrons. The number of carbonyl (C=O) groups excluding carboxylic acids is 6. The maximum atomic E-state index is 14.0. The van der Waals surface area contributed by atoms with Crippen LogP contribution in [0.25, 0.3) is 0 Å². The number of hydrogen-bond acceptors (Lipinski definition) is 9.